The van der Waals surface area contributed by atoms with Gasteiger partial charge in [-0.15, -0.1) is 12.4 Å². The van der Waals surface area contributed by atoms with Crippen LogP contribution in [0.25, 0.3) is 0 Å². The number of hydrogen-bond donors (Lipinski definition) is 2. The van der Waals surface area contributed by atoms with Crippen molar-refractivity contribution in [2.45, 2.75) is 51.6 Å². The summed E-state index contributed by atoms with van der Waals surface area (Å²) in [5.41, 5.74) is 0. The van der Waals surface area contributed by atoms with Gasteiger partial charge in [-0.05, 0) is 44.1 Å². The zero-order chi connectivity index (χ0) is 16.8. The molecule has 2 N–H and O–H groups in total. The Bertz CT molecular complexity index is 408. The van der Waals surface area contributed by atoms with E-state index in [4.69, 9.17) is 4.74 Å². The molecule has 2 amide bonds. The molecule has 1 aliphatic carbocycles. The molecule has 1 atom stereocenters. The highest BCUT2D eigenvalue weighted by Gasteiger charge is 2.31. The summed E-state index contributed by atoms with van der Waals surface area (Å²) in [7, 11) is 1.48. The molecule has 0 aromatic rings. The minimum atomic E-state index is -0.464. The smallest absolute Gasteiger partial charge is 0.246 e. The summed E-state index contributed by atoms with van der Waals surface area (Å²) < 4.78 is 4.83. The van der Waals surface area contributed by atoms with Crippen molar-refractivity contribution in [3.05, 3.63) is 0 Å². The standard InChI is InChI=1S/C17H31N3O3.ClH/c1-12(2)16(19-15(21)11-23-3)17(22)20-8-6-14(7-9-20)18-10-13-4-5-13;/h12-14,16,18H,4-11H2,1-3H3,(H,19,21);1H/t16-;/m0./s1. The normalized spacial score (nSPS) is 19.8. The molecule has 1 saturated heterocycles. The number of rotatable bonds is 8. The lowest BCUT2D eigenvalue weighted by molar-refractivity contribution is -0.139. The second-order valence-corrected chi connectivity index (χ2v) is 7.17. The molecule has 140 valence electrons. The largest absolute Gasteiger partial charge is 0.375 e. The number of hydrogen-bond acceptors (Lipinski definition) is 4. The van der Waals surface area contributed by atoms with Crippen LogP contribution in [0, 0.1) is 11.8 Å². The first-order chi connectivity index (χ1) is 11.0. The number of carbonyl (C=O) groups excluding carboxylic acids is 2. The van der Waals surface area contributed by atoms with Gasteiger partial charge in [0.15, 0.2) is 0 Å². The van der Waals surface area contributed by atoms with Gasteiger partial charge in [-0.2, -0.15) is 0 Å². The van der Waals surface area contributed by atoms with E-state index in [9.17, 15) is 9.59 Å². The summed E-state index contributed by atoms with van der Waals surface area (Å²) in [4.78, 5) is 26.3. The average molecular weight is 362 g/mol. The summed E-state index contributed by atoms with van der Waals surface area (Å²) in [5.74, 6) is 0.746. The minimum absolute atomic E-state index is 0. The first-order valence-electron chi connectivity index (χ1n) is 8.81. The van der Waals surface area contributed by atoms with Crippen LogP contribution in [-0.2, 0) is 14.3 Å². The third-order valence-corrected chi connectivity index (χ3v) is 4.72. The van der Waals surface area contributed by atoms with Crippen LogP contribution < -0.4 is 10.6 Å². The number of methoxy groups -OCH3 is 1. The maximum Gasteiger partial charge on any atom is 0.246 e. The third-order valence-electron chi connectivity index (χ3n) is 4.72. The first-order valence-corrected chi connectivity index (χ1v) is 8.81. The van der Waals surface area contributed by atoms with Crippen molar-refractivity contribution < 1.29 is 14.3 Å². The van der Waals surface area contributed by atoms with Gasteiger partial charge in [0, 0.05) is 26.2 Å². The predicted octanol–water partition coefficient (Wildman–Crippen LogP) is 1.19. The topological polar surface area (TPSA) is 70.7 Å². The Balaban J connectivity index is 0.00000288. The maximum absolute atomic E-state index is 12.7. The quantitative estimate of drug-likeness (QED) is 0.681. The zero-order valence-corrected chi connectivity index (χ0v) is 15.9. The summed E-state index contributed by atoms with van der Waals surface area (Å²) in [6.07, 6.45) is 4.72. The molecule has 2 rings (SSSR count). The van der Waals surface area contributed by atoms with Crippen molar-refractivity contribution in [1.82, 2.24) is 15.5 Å². The van der Waals surface area contributed by atoms with E-state index in [2.05, 4.69) is 10.6 Å². The van der Waals surface area contributed by atoms with Crippen LogP contribution in [0.5, 0.6) is 0 Å². The second-order valence-electron chi connectivity index (χ2n) is 7.17. The van der Waals surface area contributed by atoms with E-state index in [1.807, 2.05) is 18.7 Å². The van der Waals surface area contributed by atoms with Gasteiger partial charge in [0.25, 0.3) is 0 Å². The van der Waals surface area contributed by atoms with E-state index in [0.29, 0.717) is 6.04 Å². The first kappa shape index (κ1) is 21.2. The highest BCUT2D eigenvalue weighted by Crippen LogP contribution is 2.28. The number of nitrogens with zero attached hydrogens (tertiary/aromatic N) is 1. The SMILES string of the molecule is COCC(=O)N[C@H](C(=O)N1CCC(NCC2CC2)CC1)C(C)C.Cl. The lowest BCUT2D eigenvalue weighted by Gasteiger charge is -2.35. The van der Waals surface area contributed by atoms with Crippen LogP contribution in [0.4, 0.5) is 0 Å². The number of likely N-dealkylation sites (tertiary alicyclic amines) is 1. The molecule has 2 aliphatic rings. The van der Waals surface area contributed by atoms with Crippen LogP contribution >= 0.6 is 12.4 Å². The Morgan fingerprint density at radius 3 is 2.29 bits per heavy atom. The molecule has 7 heteroatoms. The lowest BCUT2D eigenvalue weighted by Crippen LogP contribution is -2.55. The van der Waals surface area contributed by atoms with Crippen molar-refractivity contribution in [3.63, 3.8) is 0 Å². The maximum atomic E-state index is 12.7. The Morgan fingerprint density at radius 1 is 1.17 bits per heavy atom. The Morgan fingerprint density at radius 2 is 1.79 bits per heavy atom. The van der Waals surface area contributed by atoms with E-state index in [0.717, 1.165) is 38.4 Å². The van der Waals surface area contributed by atoms with E-state index < -0.39 is 6.04 Å². The molecule has 2 fully saturated rings. The Hall–Kier alpha value is -0.850. The van der Waals surface area contributed by atoms with Crippen molar-refractivity contribution in [2.75, 3.05) is 33.4 Å². The number of amides is 2. The lowest BCUT2D eigenvalue weighted by atomic mass is 9.99. The molecule has 0 spiro atoms. The van der Waals surface area contributed by atoms with E-state index >= 15 is 0 Å². The van der Waals surface area contributed by atoms with Gasteiger partial charge in [-0.1, -0.05) is 13.8 Å². The van der Waals surface area contributed by atoms with Crippen molar-refractivity contribution in [3.8, 4) is 0 Å². The molecule has 0 aromatic carbocycles. The highest BCUT2D eigenvalue weighted by molar-refractivity contribution is 5.88. The van der Waals surface area contributed by atoms with Crippen LogP contribution in [0.3, 0.4) is 0 Å². The molecule has 0 bridgehead atoms. The summed E-state index contributed by atoms with van der Waals surface area (Å²) in [6, 6.07) is 0.0638. The molecule has 0 aromatic heterocycles. The Kier molecular flexibility index (Phi) is 9.02. The number of ether oxygens (including phenoxy) is 1. The molecule has 1 heterocycles. The third kappa shape index (κ3) is 6.57. The van der Waals surface area contributed by atoms with Crippen molar-refractivity contribution >= 4 is 24.2 Å². The molecule has 6 nitrogen and oxygen atoms in total. The number of piperidine rings is 1. The summed E-state index contributed by atoms with van der Waals surface area (Å²) >= 11 is 0. The van der Waals surface area contributed by atoms with Crippen LogP contribution in [0.15, 0.2) is 0 Å². The summed E-state index contributed by atoms with van der Waals surface area (Å²) in [5, 5.41) is 6.42. The second kappa shape index (κ2) is 10.2. The molecular formula is C17H32ClN3O3. The molecule has 0 unspecified atom stereocenters. The number of halogens is 1. The van der Waals surface area contributed by atoms with Crippen LogP contribution in [0.2, 0.25) is 0 Å². The number of carbonyl (C=O) groups is 2. The highest BCUT2D eigenvalue weighted by atomic mass is 35.5. The van der Waals surface area contributed by atoms with E-state index in [1.54, 1.807) is 0 Å². The van der Waals surface area contributed by atoms with Gasteiger partial charge in [0.1, 0.15) is 12.6 Å². The predicted molar refractivity (Wildman–Crippen MR) is 96.2 cm³/mol. The fraction of sp³-hybridized carbons (Fsp3) is 0.882. The van der Waals surface area contributed by atoms with Gasteiger partial charge >= 0.3 is 0 Å². The monoisotopic (exact) mass is 361 g/mol. The van der Waals surface area contributed by atoms with Gasteiger partial charge in [-0.3, -0.25) is 9.59 Å². The molecule has 1 saturated carbocycles. The van der Waals surface area contributed by atoms with Crippen LogP contribution in [0.1, 0.15) is 39.5 Å². The zero-order valence-electron chi connectivity index (χ0n) is 15.0. The molecular weight excluding hydrogens is 330 g/mol. The van der Waals surface area contributed by atoms with E-state index in [1.165, 1.54) is 20.0 Å². The average Bonchev–Trinajstić information content (AvgIpc) is 3.35. The van der Waals surface area contributed by atoms with Crippen LogP contribution in [-0.4, -0.2) is 62.1 Å². The van der Waals surface area contributed by atoms with Crippen molar-refractivity contribution in [1.29, 1.82) is 0 Å². The van der Waals surface area contributed by atoms with Gasteiger partial charge in [0.2, 0.25) is 11.8 Å². The van der Waals surface area contributed by atoms with Crippen molar-refractivity contribution in [2.24, 2.45) is 11.8 Å². The summed E-state index contributed by atoms with van der Waals surface area (Å²) in [6.45, 7) is 6.57. The molecule has 0 radical (unpaired) electrons. The van der Waals surface area contributed by atoms with Gasteiger partial charge in [0.05, 0.1) is 0 Å². The van der Waals surface area contributed by atoms with E-state index in [-0.39, 0.29) is 36.7 Å². The molecule has 24 heavy (non-hydrogen) atoms. The van der Waals surface area contributed by atoms with Gasteiger partial charge < -0.3 is 20.3 Å². The fourth-order valence-electron chi connectivity index (χ4n) is 3.02. The number of nitrogens with one attached hydrogen (secondary N) is 2. The van der Waals surface area contributed by atoms with Gasteiger partial charge in [-0.25, -0.2) is 0 Å². The minimum Gasteiger partial charge on any atom is -0.375 e. The Labute approximate surface area is 151 Å². The molecule has 1 aliphatic heterocycles. The fourth-order valence-corrected chi connectivity index (χ4v) is 3.02.